The van der Waals surface area contributed by atoms with E-state index in [0.717, 1.165) is 22.4 Å². The van der Waals surface area contributed by atoms with Crippen molar-refractivity contribution in [1.82, 2.24) is 0 Å². The van der Waals surface area contributed by atoms with Crippen LogP contribution in [0.3, 0.4) is 0 Å². The summed E-state index contributed by atoms with van der Waals surface area (Å²) in [5.74, 6) is 1.24. The van der Waals surface area contributed by atoms with Gasteiger partial charge in [0.2, 0.25) is 0 Å². The van der Waals surface area contributed by atoms with Crippen LogP contribution in [0.5, 0.6) is 11.5 Å². The zero-order chi connectivity index (χ0) is 22.5. The van der Waals surface area contributed by atoms with E-state index in [1.54, 1.807) is 18.2 Å². The van der Waals surface area contributed by atoms with Crippen molar-refractivity contribution in [2.45, 2.75) is 12.8 Å². The lowest BCUT2D eigenvalue weighted by molar-refractivity contribution is 0.340. The Kier molecular flexibility index (Phi) is 6.01. The van der Waals surface area contributed by atoms with Gasteiger partial charge >= 0.3 is 0 Å². The molecule has 0 saturated heterocycles. The molecule has 3 aromatic rings. The third-order valence-electron chi connectivity index (χ3n) is 5.19. The molecule has 0 fully saturated rings. The van der Waals surface area contributed by atoms with Crippen molar-refractivity contribution in [1.29, 1.82) is 10.5 Å². The van der Waals surface area contributed by atoms with E-state index in [1.807, 2.05) is 67.6 Å². The molecule has 1 aliphatic rings. The van der Waals surface area contributed by atoms with Gasteiger partial charge in [0.15, 0.2) is 0 Å². The third kappa shape index (κ3) is 4.10. The molecule has 4 nitrogen and oxygen atoms in total. The van der Waals surface area contributed by atoms with Crippen molar-refractivity contribution in [3.63, 3.8) is 0 Å². The molecule has 0 saturated carbocycles. The summed E-state index contributed by atoms with van der Waals surface area (Å²) in [4.78, 5) is 0. The van der Waals surface area contributed by atoms with E-state index in [4.69, 9.17) is 9.47 Å². The van der Waals surface area contributed by atoms with E-state index in [0.29, 0.717) is 23.7 Å². The van der Waals surface area contributed by atoms with Crippen LogP contribution in [0.1, 0.15) is 29.5 Å². The maximum absolute atomic E-state index is 13.7. The highest BCUT2D eigenvalue weighted by Gasteiger charge is 2.31. The van der Waals surface area contributed by atoms with Crippen LogP contribution in [0.15, 0.2) is 90.0 Å². The summed E-state index contributed by atoms with van der Waals surface area (Å²) in [6.07, 6.45) is 1.55. The summed E-state index contributed by atoms with van der Waals surface area (Å²) < 4.78 is 25.5. The van der Waals surface area contributed by atoms with Crippen LogP contribution in [0.4, 0.5) is 4.39 Å². The SMILES string of the molecule is CCOc1ccc(C2=C(C=C(C#N)C#N)[C@@H](c3ccc(F)cc3)c3ccccc3O2)cc1. The van der Waals surface area contributed by atoms with E-state index in [9.17, 15) is 14.9 Å². The summed E-state index contributed by atoms with van der Waals surface area (Å²) in [5.41, 5.74) is 3.08. The van der Waals surface area contributed by atoms with Crippen LogP contribution < -0.4 is 9.47 Å². The van der Waals surface area contributed by atoms with Gasteiger partial charge in [0.1, 0.15) is 40.8 Å². The van der Waals surface area contributed by atoms with Gasteiger partial charge in [-0.05, 0) is 61.0 Å². The van der Waals surface area contributed by atoms with Crippen LogP contribution >= 0.6 is 0 Å². The number of halogens is 1. The number of hydrogen-bond donors (Lipinski definition) is 0. The Morgan fingerprint density at radius 3 is 2.34 bits per heavy atom. The predicted octanol–water partition coefficient (Wildman–Crippen LogP) is 6.13. The second-order valence-electron chi connectivity index (χ2n) is 7.15. The van der Waals surface area contributed by atoms with Gasteiger partial charge in [0, 0.05) is 22.6 Å². The fourth-order valence-electron chi connectivity index (χ4n) is 3.78. The largest absolute Gasteiger partial charge is 0.494 e. The molecule has 32 heavy (non-hydrogen) atoms. The minimum absolute atomic E-state index is 0.0430. The molecular formula is C27H19FN2O2. The van der Waals surface area contributed by atoms with Gasteiger partial charge in [0.25, 0.3) is 0 Å². The Morgan fingerprint density at radius 2 is 1.69 bits per heavy atom. The van der Waals surface area contributed by atoms with E-state index in [2.05, 4.69) is 0 Å². The topological polar surface area (TPSA) is 66.0 Å². The van der Waals surface area contributed by atoms with E-state index >= 15 is 0 Å². The number of allylic oxidation sites excluding steroid dienone is 3. The first-order chi connectivity index (χ1) is 15.6. The second-order valence-corrected chi connectivity index (χ2v) is 7.15. The summed E-state index contributed by atoms with van der Waals surface area (Å²) >= 11 is 0. The quantitative estimate of drug-likeness (QED) is 0.464. The maximum atomic E-state index is 13.7. The summed E-state index contributed by atoms with van der Waals surface area (Å²) in [6.45, 7) is 2.47. The molecule has 4 rings (SSSR count). The minimum atomic E-state index is -0.348. The molecule has 0 aromatic heterocycles. The molecule has 1 aliphatic heterocycles. The number of benzene rings is 3. The molecule has 0 aliphatic carbocycles. The first-order valence-electron chi connectivity index (χ1n) is 10.2. The van der Waals surface area contributed by atoms with Crippen LogP contribution in [-0.2, 0) is 0 Å². The molecule has 0 unspecified atom stereocenters. The first kappa shape index (κ1) is 20.9. The Hall–Kier alpha value is -4.35. The van der Waals surface area contributed by atoms with Crippen molar-refractivity contribution >= 4 is 5.76 Å². The normalized spacial score (nSPS) is 14.4. The lowest BCUT2D eigenvalue weighted by atomic mass is 9.80. The minimum Gasteiger partial charge on any atom is -0.494 e. The molecule has 0 spiro atoms. The molecule has 3 aromatic carbocycles. The van der Waals surface area contributed by atoms with Gasteiger partial charge in [-0.15, -0.1) is 0 Å². The van der Waals surface area contributed by atoms with E-state index in [1.165, 1.54) is 12.1 Å². The fraction of sp³-hybridized carbons (Fsp3) is 0.111. The number of nitriles is 2. The molecule has 1 heterocycles. The van der Waals surface area contributed by atoms with Crippen LogP contribution in [-0.4, -0.2) is 6.61 Å². The van der Waals surface area contributed by atoms with Crippen molar-refractivity contribution < 1.29 is 13.9 Å². The van der Waals surface area contributed by atoms with Crippen LogP contribution in [0.2, 0.25) is 0 Å². The van der Waals surface area contributed by atoms with Gasteiger partial charge in [-0.2, -0.15) is 10.5 Å². The fourth-order valence-corrected chi connectivity index (χ4v) is 3.78. The highest BCUT2D eigenvalue weighted by Crippen LogP contribution is 2.46. The monoisotopic (exact) mass is 422 g/mol. The number of nitrogens with zero attached hydrogens (tertiary/aromatic N) is 2. The Labute approximate surface area is 186 Å². The number of rotatable bonds is 5. The highest BCUT2D eigenvalue weighted by molar-refractivity contribution is 5.75. The number of fused-ring (bicyclic) bond motifs is 1. The summed E-state index contributed by atoms with van der Waals surface area (Å²) in [5, 5.41) is 18.9. The molecule has 0 bridgehead atoms. The molecule has 5 heteroatoms. The second kappa shape index (κ2) is 9.20. The van der Waals surface area contributed by atoms with Crippen LogP contribution in [0, 0.1) is 28.5 Å². The lowest BCUT2D eigenvalue weighted by Crippen LogP contribution is -2.16. The zero-order valence-corrected chi connectivity index (χ0v) is 17.4. The molecule has 0 amide bonds. The summed E-state index contributed by atoms with van der Waals surface area (Å²) in [6, 6.07) is 25.1. The number of hydrogen-bond acceptors (Lipinski definition) is 4. The molecule has 1 atom stereocenters. The number of ether oxygens (including phenoxy) is 2. The van der Waals surface area contributed by atoms with Crippen molar-refractivity contribution in [3.05, 3.63) is 113 Å². The van der Waals surface area contributed by atoms with Gasteiger partial charge < -0.3 is 9.47 Å². The molecule has 156 valence electrons. The number of para-hydroxylation sites is 1. The van der Waals surface area contributed by atoms with E-state index in [-0.39, 0.29) is 17.3 Å². The van der Waals surface area contributed by atoms with Crippen LogP contribution in [0.25, 0.3) is 5.76 Å². The van der Waals surface area contributed by atoms with E-state index < -0.39 is 0 Å². The Bertz CT molecular complexity index is 1260. The summed E-state index contributed by atoms with van der Waals surface area (Å²) in [7, 11) is 0. The van der Waals surface area contributed by atoms with Gasteiger partial charge in [-0.3, -0.25) is 0 Å². The Morgan fingerprint density at radius 1 is 1.00 bits per heavy atom. The molecule has 0 N–H and O–H groups in total. The standard InChI is InChI=1S/C27H19FN2O2/c1-2-31-22-13-9-20(10-14-22)27-24(15-18(16-29)17-30)26(19-7-11-21(28)12-8-19)23-5-3-4-6-25(23)32-27/h3-15,26H,2H2,1H3/t26-/m0/s1. The van der Waals surface area contributed by atoms with Gasteiger partial charge in [-0.25, -0.2) is 4.39 Å². The van der Waals surface area contributed by atoms with Gasteiger partial charge in [0.05, 0.1) is 6.61 Å². The highest BCUT2D eigenvalue weighted by atomic mass is 19.1. The third-order valence-corrected chi connectivity index (χ3v) is 5.19. The van der Waals surface area contributed by atoms with Crippen molar-refractivity contribution in [2.24, 2.45) is 0 Å². The Balaban J connectivity index is 1.97. The average Bonchev–Trinajstić information content (AvgIpc) is 2.83. The maximum Gasteiger partial charge on any atom is 0.138 e. The molecule has 0 radical (unpaired) electrons. The van der Waals surface area contributed by atoms with Crippen molar-refractivity contribution in [3.8, 4) is 23.6 Å². The van der Waals surface area contributed by atoms with Gasteiger partial charge in [-0.1, -0.05) is 30.3 Å². The molecular weight excluding hydrogens is 403 g/mol. The zero-order valence-electron chi connectivity index (χ0n) is 17.4. The van der Waals surface area contributed by atoms with Crippen molar-refractivity contribution in [2.75, 3.05) is 6.61 Å². The average molecular weight is 422 g/mol. The first-order valence-corrected chi connectivity index (χ1v) is 10.2. The predicted molar refractivity (Wildman–Crippen MR) is 119 cm³/mol. The smallest absolute Gasteiger partial charge is 0.138 e. The lowest BCUT2D eigenvalue weighted by Gasteiger charge is -2.30.